The third-order valence-electron chi connectivity index (χ3n) is 5.23. The minimum Gasteiger partial charge on any atom is -0.353 e. The van der Waals surface area contributed by atoms with Crippen molar-refractivity contribution in [2.45, 2.75) is 38.6 Å². The Bertz CT molecular complexity index is 959. The fourth-order valence-electron chi connectivity index (χ4n) is 3.52. The van der Waals surface area contributed by atoms with Gasteiger partial charge in [0.05, 0.1) is 5.75 Å². The van der Waals surface area contributed by atoms with E-state index >= 15 is 0 Å². The Labute approximate surface area is 179 Å². The maximum Gasteiger partial charge on any atom is 0.243 e. The van der Waals surface area contributed by atoms with Gasteiger partial charge in [0.1, 0.15) is 0 Å². The first-order chi connectivity index (χ1) is 14.5. The van der Waals surface area contributed by atoms with Crippen LogP contribution in [0.1, 0.15) is 42.4 Å². The highest BCUT2D eigenvalue weighted by molar-refractivity contribution is 7.89. The van der Waals surface area contributed by atoms with Gasteiger partial charge in [-0.3, -0.25) is 9.78 Å². The summed E-state index contributed by atoms with van der Waals surface area (Å²) >= 11 is 0. The molecular formula is C23H29N3O3S. The molecule has 6 nitrogen and oxygen atoms in total. The van der Waals surface area contributed by atoms with Crippen LogP contribution in [0.2, 0.25) is 0 Å². The SMILES string of the molecule is O=C(C=Cc1cccnc1)NCCCCCCS(=O)(=O)N1CCc2ccccc2C1. The number of carbonyl (C=O) groups is 1. The van der Waals surface area contributed by atoms with E-state index in [1.807, 2.05) is 30.3 Å². The first-order valence-electron chi connectivity index (χ1n) is 10.5. The van der Waals surface area contributed by atoms with E-state index in [0.29, 0.717) is 26.1 Å². The summed E-state index contributed by atoms with van der Waals surface area (Å²) < 4.78 is 26.9. The third-order valence-corrected chi connectivity index (χ3v) is 7.13. The zero-order valence-electron chi connectivity index (χ0n) is 17.2. The van der Waals surface area contributed by atoms with Crippen molar-refractivity contribution in [2.24, 2.45) is 0 Å². The summed E-state index contributed by atoms with van der Waals surface area (Å²) in [6.45, 7) is 1.64. The van der Waals surface area contributed by atoms with Gasteiger partial charge in [-0.1, -0.05) is 43.2 Å². The molecular weight excluding hydrogens is 398 g/mol. The largest absolute Gasteiger partial charge is 0.353 e. The van der Waals surface area contributed by atoms with Crippen LogP contribution in [0.5, 0.6) is 0 Å². The van der Waals surface area contributed by atoms with Gasteiger partial charge in [0, 0.05) is 38.1 Å². The number of carbonyl (C=O) groups excluding carboxylic acids is 1. The fourth-order valence-corrected chi connectivity index (χ4v) is 5.05. The van der Waals surface area contributed by atoms with Gasteiger partial charge < -0.3 is 5.32 Å². The molecule has 2 heterocycles. The number of amides is 1. The molecule has 0 unspecified atom stereocenters. The van der Waals surface area contributed by atoms with Gasteiger partial charge in [0.2, 0.25) is 15.9 Å². The molecule has 0 bridgehead atoms. The van der Waals surface area contributed by atoms with Gasteiger partial charge in [0.15, 0.2) is 0 Å². The number of hydrogen-bond donors (Lipinski definition) is 1. The average molecular weight is 428 g/mol. The molecule has 1 aliphatic rings. The number of unbranched alkanes of at least 4 members (excludes halogenated alkanes) is 3. The normalized spacial score (nSPS) is 14.5. The predicted octanol–water partition coefficient (Wildman–Crippen LogP) is 3.16. The summed E-state index contributed by atoms with van der Waals surface area (Å²) in [7, 11) is -3.22. The fraction of sp³-hybridized carbons (Fsp3) is 0.391. The highest BCUT2D eigenvalue weighted by Gasteiger charge is 2.25. The van der Waals surface area contributed by atoms with Gasteiger partial charge >= 0.3 is 0 Å². The summed E-state index contributed by atoms with van der Waals surface area (Å²) in [6, 6.07) is 11.8. The first kappa shape index (κ1) is 22.2. The van der Waals surface area contributed by atoms with Crippen LogP contribution in [0.15, 0.2) is 54.9 Å². The molecule has 1 aliphatic heterocycles. The van der Waals surface area contributed by atoms with Gasteiger partial charge in [0.25, 0.3) is 0 Å². The van der Waals surface area contributed by atoms with Crippen LogP contribution in [0.4, 0.5) is 0 Å². The summed E-state index contributed by atoms with van der Waals surface area (Å²) in [5.74, 6) is 0.0573. The Balaban J connectivity index is 1.29. The van der Waals surface area contributed by atoms with E-state index in [2.05, 4.69) is 16.4 Å². The Morgan fingerprint density at radius 3 is 2.67 bits per heavy atom. The maximum atomic E-state index is 12.6. The standard InChI is InChI=1S/C23H29N3O3S/c27-23(12-11-20-8-7-14-24-18-20)25-15-5-1-2-6-17-30(28,29)26-16-13-21-9-3-4-10-22(21)19-26/h3-4,7-12,14,18H,1-2,5-6,13,15-17,19H2,(H,25,27). The third kappa shape index (κ3) is 6.78. The molecule has 1 aromatic carbocycles. The van der Waals surface area contributed by atoms with Crippen LogP contribution in [0, 0.1) is 0 Å². The van der Waals surface area contributed by atoms with Gasteiger partial charge in [-0.05, 0) is 48.1 Å². The lowest BCUT2D eigenvalue weighted by Gasteiger charge is -2.28. The minimum absolute atomic E-state index is 0.133. The van der Waals surface area contributed by atoms with Crippen molar-refractivity contribution >= 4 is 22.0 Å². The lowest BCUT2D eigenvalue weighted by Crippen LogP contribution is -2.37. The molecule has 1 aromatic heterocycles. The van der Waals surface area contributed by atoms with E-state index in [0.717, 1.165) is 36.8 Å². The summed E-state index contributed by atoms with van der Waals surface area (Å²) in [6.07, 6.45) is 10.6. The summed E-state index contributed by atoms with van der Waals surface area (Å²) in [5.41, 5.74) is 3.24. The van der Waals surface area contributed by atoms with Crippen LogP contribution >= 0.6 is 0 Å². The number of hydrogen-bond acceptors (Lipinski definition) is 4. The van der Waals surface area contributed by atoms with E-state index in [4.69, 9.17) is 0 Å². The Kier molecular flexibility index (Phi) is 8.16. The molecule has 0 atom stereocenters. The lowest BCUT2D eigenvalue weighted by molar-refractivity contribution is -0.116. The van der Waals surface area contributed by atoms with Crippen molar-refractivity contribution < 1.29 is 13.2 Å². The number of aromatic nitrogens is 1. The van der Waals surface area contributed by atoms with Crippen LogP contribution in [0.3, 0.4) is 0 Å². The van der Waals surface area contributed by atoms with E-state index in [1.165, 1.54) is 11.6 Å². The molecule has 0 saturated heterocycles. The maximum absolute atomic E-state index is 12.6. The van der Waals surface area contributed by atoms with E-state index in [9.17, 15) is 13.2 Å². The van der Waals surface area contributed by atoms with E-state index < -0.39 is 10.0 Å². The minimum atomic E-state index is -3.22. The number of nitrogens with one attached hydrogen (secondary N) is 1. The second-order valence-electron chi connectivity index (χ2n) is 7.49. The summed E-state index contributed by atoms with van der Waals surface area (Å²) in [5, 5.41) is 2.85. The summed E-state index contributed by atoms with van der Waals surface area (Å²) in [4.78, 5) is 15.8. The molecule has 30 heavy (non-hydrogen) atoms. The molecule has 3 rings (SSSR count). The molecule has 0 radical (unpaired) electrons. The molecule has 7 heteroatoms. The van der Waals surface area contributed by atoms with E-state index in [-0.39, 0.29) is 11.7 Å². The van der Waals surface area contributed by atoms with Crippen molar-refractivity contribution in [3.8, 4) is 0 Å². The van der Waals surface area contributed by atoms with Crippen molar-refractivity contribution in [3.05, 3.63) is 71.6 Å². The average Bonchev–Trinajstić information content (AvgIpc) is 2.77. The zero-order chi connectivity index (χ0) is 21.2. The molecule has 160 valence electrons. The zero-order valence-corrected chi connectivity index (χ0v) is 18.0. The number of benzene rings is 1. The number of sulfonamides is 1. The molecule has 2 aromatic rings. The monoisotopic (exact) mass is 427 g/mol. The highest BCUT2D eigenvalue weighted by atomic mass is 32.2. The van der Waals surface area contributed by atoms with Gasteiger partial charge in [-0.25, -0.2) is 8.42 Å². The van der Waals surface area contributed by atoms with Crippen molar-refractivity contribution in [2.75, 3.05) is 18.8 Å². The smallest absolute Gasteiger partial charge is 0.243 e. The Hall–Kier alpha value is -2.51. The number of fused-ring (bicyclic) bond motifs is 1. The number of pyridine rings is 1. The molecule has 0 aliphatic carbocycles. The van der Waals surface area contributed by atoms with Crippen LogP contribution in [0.25, 0.3) is 6.08 Å². The number of rotatable bonds is 10. The predicted molar refractivity (Wildman–Crippen MR) is 119 cm³/mol. The van der Waals surface area contributed by atoms with E-state index in [1.54, 1.807) is 22.8 Å². The highest BCUT2D eigenvalue weighted by Crippen LogP contribution is 2.21. The lowest BCUT2D eigenvalue weighted by atomic mass is 10.0. The van der Waals surface area contributed by atoms with Crippen LogP contribution in [-0.4, -0.2) is 42.5 Å². The van der Waals surface area contributed by atoms with Crippen LogP contribution in [-0.2, 0) is 27.8 Å². The Morgan fingerprint density at radius 1 is 1.07 bits per heavy atom. The molecule has 1 amide bonds. The Morgan fingerprint density at radius 2 is 1.87 bits per heavy atom. The van der Waals surface area contributed by atoms with Crippen molar-refractivity contribution in [3.63, 3.8) is 0 Å². The van der Waals surface area contributed by atoms with Crippen molar-refractivity contribution in [1.29, 1.82) is 0 Å². The number of nitrogens with zero attached hydrogens (tertiary/aromatic N) is 2. The second-order valence-corrected chi connectivity index (χ2v) is 9.58. The topological polar surface area (TPSA) is 79.4 Å². The molecule has 0 saturated carbocycles. The van der Waals surface area contributed by atoms with Gasteiger partial charge in [-0.15, -0.1) is 0 Å². The quantitative estimate of drug-likeness (QED) is 0.467. The van der Waals surface area contributed by atoms with Crippen molar-refractivity contribution in [1.82, 2.24) is 14.6 Å². The first-order valence-corrected chi connectivity index (χ1v) is 12.1. The molecule has 0 fully saturated rings. The molecule has 1 N–H and O–H groups in total. The molecule has 0 spiro atoms. The van der Waals surface area contributed by atoms with Crippen LogP contribution < -0.4 is 5.32 Å². The van der Waals surface area contributed by atoms with Gasteiger partial charge in [-0.2, -0.15) is 4.31 Å². The second kappa shape index (κ2) is 11.0.